The number of hydrogen-bond donors (Lipinski definition) is 1. The lowest BCUT2D eigenvalue weighted by Gasteiger charge is -2.22. The van der Waals surface area contributed by atoms with Crippen LogP contribution in [0.4, 0.5) is 4.39 Å². The van der Waals surface area contributed by atoms with Gasteiger partial charge in [-0.25, -0.2) is 4.39 Å². The molecule has 0 spiro atoms. The minimum absolute atomic E-state index is 0.00396. The van der Waals surface area contributed by atoms with Crippen LogP contribution in [-0.4, -0.2) is 26.4 Å². The summed E-state index contributed by atoms with van der Waals surface area (Å²) >= 11 is 0. The molecule has 0 aromatic heterocycles. The van der Waals surface area contributed by atoms with E-state index in [4.69, 9.17) is 9.47 Å². The topological polar surface area (TPSA) is 30.5 Å². The van der Waals surface area contributed by atoms with E-state index in [0.29, 0.717) is 17.9 Å². The van der Waals surface area contributed by atoms with Crippen LogP contribution >= 0.6 is 0 Å². The monoisotopic (exact) mass is 267 g/mol. The number of halogens is 1. The molecule has 106 valence electrons. The Hall–Kier alpha value is -1.13. The van der Waals surface area contributed by atoms with Crippen LogP contribution in [0.5, 0.6) is 5.75 Å². The molecule has 1 aliphatic heterocycles. The second-order valence-electron chi connectivity index (χ2n) is 4.99. The van der Waals surface area contributed by atoms with E-state index < -0.39 is 0 Å². The van der Waals surface area contributed by atoms with E-state index in [0.717, 1.165) is 19.4 Å². The highest BCUT2D eigenvalue weighted by atomic mass is 19.1. The van der Waals surface area contributed by atoms with Gasteiger partial charge in [-0.2, -0.15) is 0 Å². The van der Waals surface area contributed by atoms with E-state index in [1.807, 2.05) is 20.0 Å². The average molecular weight is 267 g/mol. The van der Waals surface area contributed by atoms with Crippen LogP contribution in [0.3, 0.4) is 0 Å². The minimum atomic E-state index is -0.232. The van der Waals surface area contributed by atoms with E-state index in [2.05, 4.69) is 5.32 Å². The van der Waals surface area contributed by atoms with Gasteiger partial charge in [-0.05, 0) is 39.3 Å². The zero-order chi connectivity index (χ0) is 13.7. The van der Waals surface area contributed by atoms with Gasteiger partial charge >= 0.3 is 0 Å². The van der Waals surface area contributed by atoms with Gasteiger partial charge in [0, 0.05) is 24.3 Å². The van der Waals surface area contributed by atoms with Crippen molar-refractivity contribution in [1.82, 2.24) is 5.32 Å². The molecule has 1 heterocycles. The highest BCUT2D eigenvalue weighted by Crippen LogP contribution is 2.22. The van der Waals surface area contributed by atoms with Crippen LogP contribution in [0, 0.1) is 5.82 Å². The van der Waals surface area contributed by atoms with Gasteiger partial charge in [-0.1, -0.05) is 6.07 Å². The summed E-state index contributed by atoms with van der Waals surface area (Å²) in [5, 5.41) is 3.02. The van der Waals surface area contributed by atoms with Gasteiger partial charge in [-0.15, -0.1) is 0 Å². The van der Waals surface area contributed by atoms with Crippen molar-refractivity contribution in [3.63, 3.8) is 0 Å². The maximum absolute atomic E-state index is 13.9. The molecule has 1 aliphatic rings. The summed E-state index contributed by atoms with van der Waals surface area (Å²) in [4.78, 5) is 0. The smallest absolute Gasteiger partial charge is 0.131 e. The highest BCUT2D eigenvalue weighted by molar-refractivity contribution is 5.30. The molecule has 1 N–H and O–H groups in total. The fraction of sp³-hybridized carbons (Fsp3) is 0.600. The van der Waals surface area contributed by atoms with Crippen molar-refractivity contribution in [3.8, 4) is 5.75 Å². The van der Waals surface area contributed by atoms with Gasteiger partial charge in [-0.3, -0.25) is 0 Å². The van der Waals surface area contributed by atoms with Gasteiger partial charge in [0.25, 0.3) is 0 Å². The number of ether oxygens (including phenoxy) is 2. The predicted octanol–water partition coefficient (Wildman–Crippen LogP) is 3.05. The summed E-state index contributed by atoms with van der Waals surface area (Å²) in [7, 11) is 1.81. The molecule has 19 heavy (non-hydrogen) atoms. The second-order valence-corrected chi connectivity index (χ2v) is 4.99. The third-order valence-electron chi connectivity index (χ3n) is 3.58. The summed E-state index contributed by atoms with van der Waals surface area (Å²) in [6.45, 7) is 3.23. The summed E-state index contributed by atoms with van der Waals surface area (Å²) in [5.74, 6) is 0.336. The van der Waals surface area contributed by atoms with E-state index in [1.54, 1.807) is 6.07 Å². The van der Waals surface area contributed by atoms with Crippen LogP contribution < -0.4 is 10.1 Å². The van der Waals surface area contributed by atoms with E-state index in [9.17, 15) is 4.39 Å². The summed E-state index contributed by atoms with van der Waals surface area (Å²) in [6, 6.07) is 5.03. The highest BCUT2D eigenvalue weighted by Gasteiger charge is 2.15. The van der Waals surface area contributed by atoms with Crippen LogP contribution in [0.1, 0.15) is 37.8 Å². The summed E-state index contributed by atoms with van der Waals surface area (Å²) in [6.07, 6.45) is 3.48. The fourth-order valence-corrected chi connectivity index (χ4v) is 2.23. The SMILES string of the molecule is CNC(C)c1ccc(OCC2CCCCO2)cc1F. The lowest BCUT2D eigenvalue weighted by atomic mass is 10.1. The molecule has 1 saturated heterocycles. The Morgan fingerprint density at radius 2 is 2.32 bits per heavy atom. The zero-order valence-electron chi connectivity index (χ0n) is 11.6. The Balaban J connectivity index is 1.92. The number of benzene rings is 1. The molecule has 2 atom stereocenters. The first-order valence-electron chi connectivity index (χ1n) is 6.92. The van der Waals surface area contributed by atoms with E-state index >= 15 is 0 Å². The normalized spacial score (nSPS) is 21.1. The molecule has 2 unspecified atom stereocenters. The van der Waals surface area contributed by atoms with Crippen molar-refractivity contribution < 1.29 is 13.9 Å². The number of rotatable bonds is 5. The van der Waals surface area contributed by atoms with E-state index in [-0.39, 0.29) is 18.0 Å². The third kappa shape index (κ3) is 3.91. The quantitative estimate of drug-likeness (QED) is 0.889. The molecule has 0 amide bonds. The Bertz CT molecular complexity index is 405. The molecule has 0 aliphatic carbocycles. The lowest BCUT2D eigenvalue weighted by molar-refractivity contribution is -0.0111. The summed E-state index contributed by atoms with van der Waals surface area (Å²) < 4.78 is 25.1. The van der Waals surface area contributed by atoms with Crippen molar-refractivity contribution in [2.24, 2.45) is 0 Å². The standard InChI is InChI=1S/C15H22FNO2/c1-11(17-2)14-7-6-12(9-15(14)16)19-10-13-5-3-4-8-18-13/h6-7,9,11,13,17H,3-5,8,10H2,1-2H3. The van der Waals surface area contributed by atoms with Crippen molar-refractivity contribution in [1.29, 1.82) is 0 Å². The molecule has 0 bridgehead atoms. The van der Waals surface area contributed by atoms with Gasteiger partial charge in [0.1, 0.15) is 18.2 Å². The molecule has 1 fully saturated rings. The maximum Gasteiger partial charge on any atom is 0.131 e. The largest absolute Gasteiger partial charge is 0.491 e. The molecule has 1 aromatic rings. The van der Waals surface area contributed by atoms with Crippen LogP contribution in [0.15, 0.2) is 18.2 Å². The average Bonchev–Trinajstić information content (AvgIpc) is 2.45. The minimum Gasteiger partial charge on any atom is -0.491 e. The third-order valence-corrected chi connectivity index (χ3v) is 3.58. The zero-order valence-corrected chi connectivity index (χ0v) is 11.6. The van der Waals surface area contributed by atoms with Gasteiger partial charge in [0.15, 0.2) is 0 Å². The molecule has 0 radical (unpaired) electrons. The van der Waals surface area contributed by atoms with Gasteiger partial charge in [0.05, 0.1) is 6.10 Å². The molecule has 3 nitrogen and oxygen atoms in total. The number of nitrogens with one attached hydrogen (secondary N) is 1. The molecule has 4 heteroatoms. The first-order valence-corrected chi connectivity index (χ1v) is 6.92. The Kier molecular flexibility index (Phi) is 5.16. The molecular weight excluding hydrogens is 245 g/mol. The van der Waals surface area contributed by atoms with Crippen LogP contribution in [0.25, 0.3) is 0 Å². The first-order chi connectivity index (χ1) is 9.20. The van der Waals surface area contributed by atoms with Crippen molar-refractivity contribution >= 4 is 0 Å². The van der Waals surface area contributed by atoms with Crippen molar-refractivity contribution in [2.75, 3.05) is 20.3 Å². The van der Waals surface area contributed by atoms with Crippen LogP contribution in [-0.2, 0) is 4.74 Å². The van der Waals surface area contributed by atoms with E-state index in [1.165, 1.54) is 12.5 Å². The van der Waals surface area contributed by atoms with Crippen molar-refractivity contribution in [3.05, 3.63) is 29.6 Å². The van der Waals surface area contributed by atoms with Crippen molar-refractivity contribution in [2.45, 2.75) is 38.3 Å². The maximum atomic E-state index is 13.9. The number of hydrogen-bond acceptors (Lipinski definition) is 3. The van der Waals surface area contributed by atoms with Gasteiger partial charge in [0.2, 0.25) is 0 Å². The predicted molar refractivity (Wildman–Crippen MR) is 73.0 cm³/mol. The van der Waals surface area contributed by atoms with Gasteiger partial charge < -0.3 is 14.8 Å². The Labute approximate surface area is 114 Å². The molecule has 2 rings (SSSR count). The second kappa shape index (κ2) is 6.87. The first kappa shape index (κ1) is 14.3. The molecule has 1 aromatic carbocycles. The van der Waals surface area contributed by atoms with Crippen LogP contribution in [0.2, 0.25) is 0 Å². The molecule has 0 saturated carbocycles. The summed E-state index contributed by atoms with van der Waals surface area (Å²) in [5.41, 5.74) is 0.656. The molecular formula is C15H22FNO2. The Morgan fingerprint density at radius 3 is 2.95 bits per heavy atom. The lowest BCUT2D eigenvalue weighted by Crippen LogP contribution is -2.25. The fourth-order valence-electron chi connectivity index (χ4n) is 2.23. The Morgan fingerprint density at radius 1 is 1.47 bits per heavy atom.